The van der Waals surface area contributed by atoms with Gasteiger partial charge in [0.1, 0.15) is 5.75 Å². The van der Waals surface area contributed by atoms with Gasteiger partial charge in [-0.25, -0.2) is 0 Å². The molecule has 0 bridgehead atoms. The third-order valence-electron chi connectivity index (χ3n) is 2.98. The molecule has 0 spiro atoms. The molecular formula is C12H17NO. The summed E-state index contributed by atoms with van der Waals surface area (Å²) in [6.45, 7) is 5.59. The summed E-state index contributed by atoms with van der Waals surface area (Å²) in [4.78, 5) is 0. The molecule has 1 aliphatic heterocycles. The van der Waals surface area contributed by atoms with E-state index in [1.54, 1.807) is 7.11 Å². The van der Waals surface area contributed by atoms with Gasteiger partial charge in [0.25, 0.3) is 0 Å². The van der Waals surface area contributed by atoms with E-state index in [4.69, 9.17) is 4.74 Å². The number of hydrogen-bond donors (Lipinski definition) is 1. The van der Waals surface area contributed by atoms with Crippen LogP contribution in [0.2, 0.25) is 0 Å². The number of benzene rings is 1. The van der Waals surface area contributed by atoms with E-state index in [0.717, 1.165) is 12.3 Å². The van der Waals surface area contributed by atoms with Crippen molar-refractivity contribution in [2.24, 2.45) is 5.92 Å². The van der Waals surface area contributed by atoms with Crippen LogP contribution in [0.25, 0.3) is 0 Å². The van der Waals surface area contributed by atoms with Gasteiger partial charge in [-0.2, -0.15) is 0 Å². The summed E-state index contributed by atoms with van der Waals surface area (Å²) in [6, 6.07) is 6.27. The Hall–Kier alpha value is -1.18. The summed E-state index contributed by atoms with van der Waals surface area (Å²) >= 11 is 0. The van der Waals surface area contributed by atoms with Gasteiger partial charge in [-0.05, 0) is 29.7 Å². The van der Waals surface area contributed by atoms with Crippen molar-refractivity contribution in [3.05, 3.63) is 23.8 Å². The van der Waals surface area contributed by atoms with Gasteiger partial charge in [-0.3, -0.25) is 0 Å². The van der Waals surface area contributed by atoms with E-state index in [1.807, 2.05) is 6.07 Å². The molecule has 1 aliphatic rings. The molecule has 1 heterocycles. The van der Waals surface area contributed by atoms with Crippen molar-refractivity contribution in [3.8, 4) is 5.75 Å². The summed E-state index contributed by atoms with van der Waals surface area (Å²) in [5.41, 5.74) is 2.67. The Morgan fingerprint density at radius 2 is 2.21 bits per heavy atom. The largest absolute Gasteiger partial charge is 0.497 e. The van der Waals surface area contributed by atoms with Gasteiger partial charge < -0.3 is 10.1 Å². The van der Waals surface area contributed by atoms with Gasteiger partial charge in [-0.15, -0.1) is 0 Å². The van der Waals surface area contributed by atoms with Crippen LogP contribution in [0, 0.1) is 5.92 Å². The highest BCUT2D eigenvalue weighted by Gasteiger charge is 2.24. The van der Waals surface area contributed by atoms with Crippen LogP contribution in [-0.2, 0) is 0 Å². The maximum absolute atomic E-state index is 5.24. The second kappa shape index (κ2) is 3.52. The summed E-state index contributed by atoms with van der Waals surface area (Å²) in [7, 11) is 1.72. The lowest BCUT2D eigenvalue weighted by Crippen LogP contribution is -2.08. The minimum Gasteiger partial charge on any atom is -0.497 e. The van der Waals surface area contributed by atoms with Gasteiger partial charge in [-0.1, -0.05) is 13.8 Å². The van der Waals surface area contributed by atoms with Crippen LogP contribution in [0.3, 0.4) is 0 Å². The van der Waals surface area contributed by atoms with Crippen molar-refractivity contribution in [1.82, 2.24) is 0 Å². The van der Waals surface area contributed by atoms with Crippen molar-refractivity contribution in [1.29, 1.82) is 0 Å². The fourth-order valence-corrected chi connectivity index (χ4v) is 2.06. The maximum Gasteiger partial charge on any atom is 0.119 e. The molecule has 0 fully saturated rings. The predicted octanol–water partition coefficient (Wildman–Crippen LogP) is 2.86. The van der Waals surface area contributed by atoms with Gasteiger partial charge in [0.15, 0.2) is 0 Å². The number of rotatable bonds is 2. The van der Waals surface area contributed by atoms with Crippen molar-refractivity contribution in [2.45, 2.75) is 19.8 Å². The zero-order chi connectivity index (χ0) is 10.1. The highest BCUT2D eigenvalue weighted by atomic mass is 16.5. The first-order chi connectivity index (χ1) is 6.72. The molecule has 0 aliphatic carbocycles. The van der Waals surface area contributed by atoms with Crippen LogP contribution < -0.4 is 10.1 Å². The van der Waals surface area contributed by atoms with E-state index in [2.05, 4.69) is 31.3 Å². The Bertz CT molecular complexity index is 333. The van der Waals surface area contributed by atoms with Crippen LogP contribution in [-0.4, -0.2) is 13.7 Å². The lowest BCUT2D eigenvalue weighted by molar-refractivity contribution is 0.413. The first-order valence-corrected chi connectivity index (χ1v) is 5.14. The summed E-state index contributed by atoms with van der Waals surface area (Å²) in [5, 5.41) is 3.43. The monoisotopic (exact) mass is 191 g/mol. The lowest BCUT2D eigenvalue weighted by atomic mass is 9.90. The molecule has 76 valence electrons. The minimum atomic E-state index is 0.625. The molecule has 0 radical (unpaired) electrons. The molecule has 1 aromatic carbocycles. The van der Waals surface area contributed by atoms with Crippen molar-refractivity contribution < 1.29 is 4.74 Å². The molecule has 0 saturated carbocycles. The van der Waals surface area contributed by atoms with E-state index in [-0.39, 0.29) is 0 Å². The Balaban J connectivity index is 2.37. The smallest absolute Gasteiger partial charge is 0.119 e. The fraction of sp³-hybridized carbons (Fsp3) is 0.500. The number of ether oxygens (including phenoxy) is 1. The van der Waals surface area contributed by atoms with E-state index < -0.39 is 0 Å². The second-order valence-corrected chi connectivity index (χ2v) is 4.18. The van der Waals surface area contributed by atoms with Crippen molar-refractivity contribution in [3.63, 3.8) is 0 Å². The topological polar surface area (TPSA) is 21.3 Å². The van der Waals surface area contributed by atoms with E-state index in [1.165, 1.54) is 11.3 Å². The summed E-state index contributed by atoms with van der Waals surface area (Å²) in [5.74, 6) is 2.26. The van der Waals surface area contributed by atoms with E-state index >= 15 is 0 Å². The van der Waals surface area contributed by atoms with Gasteiger partial charge in [0.2, 0.25) is 0 Å². The molecule has 1 aromatic rings. The third-order valence-corrected chi connectivity index (χ3v) is 2.98. The number of fused-ring (bicyclic) bond motifs is 1. The van der Waals surface area contributed by atoms with Crippen LogP contribution in [0.15, 0.2) is 18.2 Å². The molecule has 0 aromatic heterocycles. The highest BCUT2D eigenvalue weighted by Crippen LogP contribution is 2.38. The molecule has 14 heavy (non-hydrogen) atoms. The summed E-state index contributed by atoms with van der Waals surface area (Å²) < 4.78 is 5.24. The highest BCUT2D eigenvalue weighted by molar-refractivity contribution is 5.60. The molecule has 2 nitrogen and oxygen atoms in total. The molecule has 0 saturated heterocycles. The molecule has 1 N–H and O–H groups in total. The zero-order valence-corrected chi connectivity index (χ0v) is 9.00. The number of methoxy groups -OCH3 is 1. The van der Waals surface area contributed by atoms with Crippen LogP contribution in [0.1, 0.15) is 25.3 Å². The van der Waals surface area contributed by atoms with Crippen LogP contribution >= 0.6 is 0 Å². The molecule has 0 unspecified atom stereocenters. The third kappa shape index (κ3) is 1.45. The Labute approximate surface area is 85.3 Å². The van der Waals surface area contributed by atoms with Crippen molar-refractivity contribution in [2.75, 3.05) is 19.0 Å². The Morgan fingerprint density at radius 3 is 2.86 bits per heavy atom. The number of anilines is 1. The van der Waals surface area contributed by atoms with Gasteiger partial charge in [0.05, 0.1) is 7.11 Å². The van der Waals surface area contributed by atoms with E-state index in [9.17, 15) is 0 Å². The quantitative estimate of drug-likeness (QED) is 0.776. The zero-order valence-electron chi connectivity index (χ0n) is 9.00. The molecule has 2 rings (SSSR count). The van der Waals surface area contributed by atoms with Crippen LogP contribution in [0.5, 0.6) is 5.75 Å². The lowest BCUT2D eigenvalue weighted by Gasteiger charge is -2.14. The van der Waals surface area contributed by atoms with Gasteiger partial charge >= 0.3 is 0 Å². The molecular weight excluding hydrogens is 174 g/mol. The van der Waals surface area contributed by atoms with Crippen molar-refractivity contribution >= 4 is 5.69 Å². The average Bonchev–Trinajstić information content (AvgIpc) is 2.59. The fourth-order valence-electron chi connectivity index (χ4n) is 2.06. The molecule has 2 heteroatoms. The first-order valence-electron chi connectivity index (χ1n) is 5.14. The standard InChI is InChI=1S/C12H17NO/c1-8(2)11-7-13-12-5-4-9(14-3)6-10(11)12/h4-6,8,11,13H,7H2,1-3H3/t11-/m0/s1. The first kappa shape index (κ1) is 9.38. The normalized spacial score (nSPS) is 19.3. The van der Waals surface area contributed by atoms with Gasteiger partial charge in [0, 0.05) is 18.2 Å². The van der Waals surface area contributed by atoms with Crippen LogP contribution in [0.4, 0.5) is 5.69 Å². The minimum absolute atomic E-state index is 0.625. The Morgan fingerprint density at radius 1 is 1.43 bits per heavy atom. The average molecular weight is 191 g/mol. The molecule has 1 atom stereocenters. The SMILES string of the molecule is COc1ccc2c(c1)[C@H](C(C)C)CN2. The maximum atomic E-state index is 5.24. The Kier molecular flexibility index (Phi) is 2.36. The van der Waals surface area contributed by atoms with E-state index in [0.29, 0.717) is 11.8 Å². The second-order valence-electron chi connectivity index (χ2n) is 4.18. The number of hydrogen-bond acceptors (Lipinski definition) is 2. The predicted molar refractivity (Wildman–Crippen MR) is 59.1 cm³/mol. The summed E-state index contributed by atoms with van der Waals surface area (Å²) in [6.07, 6.45) is 0. The number of nitrogens with one attached hydrogen (secondary N) is 1. The molecule has 0 amide bonds.